The molecule has 2 aliphatic carbocycles. The molecule has 2 aromatic rings. The molecule has 0 amide bonds. The molecule has 4 rings (SSSR count). The summed E-state index contributed by atoms with van der Waals surface area (Å²) in [7, 11) is 0. The third-order valence-electron chi connectivity index (χ3n) is 4.57. The second kappa shape index (κ2) is 3.55. The zero-order valence-electron chi connectivity index (χ0n) is 10.6. The quantitative estimate of drug-likeness (QED) is 0.914. The van der Waals surface area contributed by atoms with Crippen molar-refractivity contribution in [2.45, 2.75) is 50.0 Å². The third kappa shape index (κ3) is 1.54. The fourth-order valence-corrected chi connectivity index (χ4v) is 4.02. The smallest absolute Gasteiger partial charge is 0.0969 e. The van der Waals surface area contributed by atoms with Crippen molar-refractivity contribution in [1.82, 2.24) is 4.98 Å². The average Bonchev–Trinajstić information content (AvgIpc) is 3.23. The van der Waals surface area contributed by atoms with E-state index in [2.05, 4.69) is 25.1 Å². The summed E-state index contributed by atoms with van der Waals surface area (Å²) >= 11 is 1.87. The van der Waals surface area contributed by atoms with Crippen LogP contribution >= 0.6 is 11.3 Å². The van der Waals surface area contributed by atoms with Gasteiger partial charge in [0.05, 0.1) is 15.2 Å². The lowest BCUT2D eigenvalue weighted by atomic mass is 9.89. The molecular weight excluding hydrogens is 240 g/mol. The SMILES string of the molecule is CC(N)C1(c2ccc3sc(C4CC4)nc3c2)CC1. The zero-order valence-corrected chi connectivity index (χ0v) is 11.5. The fourth-order valence-electron chi connectivity index (χ4n) is 2.90. The molecule has 94 valence electrons. The van der Waals surface area contributed by atoms with E-state index in [1.165, 1.54) is 46.5 Å². The fraction of sp³-hybridized carbons (Fsp3) is 0.533. The van der Waals surface area contributed by atoms with E-state index < -0.39 is 0 Å². The number of nitrogens with zero attached hydrogens (tertiary/aromatic N) is 1. The number of aromatic nitrogens is 1. The van der Waals surface area contributed by atoms with Gasteiger partial charge >= 0.3 is 0 Å². The molecule has 2 N–H and O–H groups in total. The molecule has 0 saturated heterocycles. The Morgan fingerprint density at radius 2 is 2.17 bits per heavy atom. The Balaban J connectivity index is 1.79. The van der Waals surface area contributed by atoms with Gasteiger partial charge in [-0.3, -0.25) is 0 Å². The summed E-state index contributed by atoms with van der Waals surface area (Å²) in [5.74, 6) is 0.758. The van der Waals surface area contributed by atoms with E-state index in [0.29, 0.717) is 0 Å². The molecule has 1 heterocycles. The summed E-state index contributed by atoms with van der Waals surface area (Å²) in [5, 5.41) is 1.34. The van der Waals surface area contributed by atoms with Crippen LogP contribution in [0.3, 0.4) is 0 Å². The van der Waals surface area contributed by atoms with Crippen molar-refractivity contribution in [3.63, 3.8) is 0 Å². The Hall–Kier alpha value is -0.930. The molecule has 0 spiro atoms. The molecule has 2 saturated carbocycles. The second-order valence-electron chi connectivity index (χ2n) is 5.95. The molecule has 0 radical (unpaired) electrons. The van der Waals surface area contributed by atoms with Gasteiger partial charge in [0, 0.05) is 17.4 Å². The molecule has 1 unspecified atom stereocenters. The van der Waals surface area contributed by atoms with E-state index in [0.717, 1.165) is 5.92 Å². The van der Waals surface area contributed by atoms with Crippen LogP contribution in [0.15, 0.2) is 18.2 Å². The van der Waals surface area contributed by atoms with Crippen LogP contribution < -0.4 is 5.73 Å². The van der Waals surface area contributed by atoms with Crippen molar-refractivity contribution < 1.29 is 0 Å². The van der Waals surface area contributed by atoms with Gasteiger partial charge in [0.1, 0.15) is 0 Å². The molecule has 1 atom stereocenters. The van der Waals surface area contributed by atoms with E-state index in [1.54, 1.807) is 0 Å². The summed E-state index contributed by atoms with van der Waals surface area (Å²) in [5.41, 5.74) is 8.99. The first kappa shape index (κ1) is 10.9. The van der Waals surface area contributed by atoms with Gasteiger partial charge in [-0.2, -0.15) is 0 Å². The Morgan fingerprint density at radius 3 is 2.78 bits per heavy atom. The van der Waals surface area contributed by atoms with Gasteiger partial charge in [0.15, 0.2) is 0 Å². The van der Waals surface area contributed by atoms with E-state index in [1.807, 2.05) is 11.3 Å². The molecular formula is C15H18N2S. The molecule has 0 aliphatic heterocycles. The van der Waals surface area contributed by atoms with Gasteiger partial charge in [-0.15, -0.1) is 11.3 Å². The number of benzene rings is 1. The summed E-state index contributed by atoms with van der Waals surface area (Å²) < 4.78 is 1.33. The number of hydrogen-bond donors (Lipinski definition) is 1. The van der Waals surface area contributed by atoms with Crippen LogP contribution in [-0.2, 0) is 5.41 Å². The topological polar surface area (TPSA) is 38.9 Å². The second-order valence-corrected chi connectivity index (χ2v) is 7.02. The van der Waals surface area contributed by atoms with Crippen LogP contribution in [0.25, 0.3) is 10.2 Å². The maximum Gasteiger partial charge on any atom is 0.0969 e. The Bertz CT molecular complexity index is 606. The number of nitrogens with two attached hydrogens (primary N) is 1. The van der Waals surface area contributed by atoms with Gasteiger partial charge in [0.25, 0.3) is 0 Å². The normalized spacial score (nSPS) is 23.2. The highest BCUT2D eigenvalue weighted by Gasteiger charge is 2.47. The lowest BCUT2D eigenvalue weighted by Crippen LogP contribution is -2.31. The maximum atomic E-state index is 6.15. The minimum Gasteiger partial charge on any atom is -0.327 e. The van der Waals surface area contributed by atoms with Crippen molar-refractivity contribution in [2.75, 3.05) is 0 Å². The van der Waals surface area contributed by atoms with E-state index >= 15 is 0 Å². The Kier molecular flexibility index (Phi) is 2.16. The van der Waals surface area contributed by atoms with E-state index in [4.69, 9.17) is 10.7 Å². The molecule has 1 aromatic heterocycles. The molecule has 1 aromatic carbocycles. The molecule has 3 heteroatoms. The van der Waals surface area contributed by atoms with Gasteiger partial charge < -0.3 is 5.73 Å². The monoisotopic (exact) mass is 258 g/mol. The molecule has 0 bridgehead atoms. The van der Waals surface area contributed by atoms with E-state index in [9.17, 15) is 0 Å². The lowest BCUT2D eigenvalue weighted by Gasteiger charge is -2.19. The highest BCUT2D eigenvalue weighted by atomic mass is 32.1. The van der Waals surface area contributed by atoms with Gasteiger partial charge in [-0.1, -0.05) is 6.07 Å². The molecule has 2 fully saturated rings. The van der Waals surface area contributed by atoms with Crippen LogP contribution in [0.5, 0.6) is 0 Å². The largest absolute Gasteiger partial charge is 0.327 e. The first-order chi connectivity index (χ1) is 8.69. The Labute approximate surface area is 111 Å². The molecule has 18 heavy (non-hydrogen) atoms. The van der Waals surface area contributed by atoms with Crippen LogP contribution in [0.2, 0.25) is 0 Å². The van der Waals surface area contributed by atoms with Crippen molar-refractivity contribution in [1.29, 1.82) is 0 Å². The molecule has 2 aliphatic rings. The summed E-state index contributed by atoms with van der Waals surface area (Å²) in [6, 6.07) is 7.05. The summed E-state index contributed by atoms with van der Waals surface area (Å²) in [6.07, 6.45) is 5.12. The predicted octanol–water partition coefficient (Wildman–Crippen LogP) is 3.55. The minimum atomic E-state index is 0.247. The van der Waals surface area contributed by atoms with Crippen LogP contribution in [-0.4, -0.2) is 11.0 Å². The zero-order chi connectivity index (χ0) is 12.3. The van der Waals surface area contributed by atoms with Gasteiger partial charge in [0.2, 0.25) is 0 Å². The minimum absolute atomic E-state index is 0.247. The van der Waals surface area contributed by atoms with Gasteiger partial charge in [-0.25, -0.2) is 4.98 Å². The maximum absolute atomic E-state index is 6.15. The first-order valence-corrected chi connectivity index (χ1v) is 7.67. The number of hydrogen-bond acceptors (Lipinski definition) is 3. The van der Waals surface area contributed by atoms with Crippen LogP contribution in [0, 0.1) is 0 Å². The number of fused-ring (bicyclic) bond motifs is 1. The van der Waals surface area contributed by atoms with Crippen LogP contribution in [0.1, 0.15) is 49.1 Å². The number of thiazole rings is 1. The van der Waals surface area contributed by atoms with Crippen molar-refractivity contribution in [2.24, 2.45) is 5.73 Å². The van der Waals surface area contributed by atoms with Crippen molar-refractivity contribution in [3.05, 3.63) is 28.8 Å². The lowest BCUT2D eigenvalue weighted by molar-refractivity contribution is 0.557. The van der Waals surface area contributed by atoms with Crippen molar-refractivity contribution in [3.8, 4) is 0 Å². The summed E-state index contributed by atoms with van der Waals surface area (Å²) in [6.45, 7) is 2.13. The first-order valence-electron chi connectivity index (χ1n) is 6.86. The predicted molar refractivity (Wildman–Crippen MR) is 76.2 cm³/mol. The third-order valence-corrected chi connectivity index (χ3v) is 5.76. The van der Waals surface area contributed by atoms with E-state index in [-0.39, 0.29) is 11.5 Å². The van der Waals surface area contributed by atoms with Crippen molar-refractivity contribution >= 4 is 21.6 Å². The average molecular weight is 258 g/mol. The number of rotatable bonds is 3. The highest BCUT2D eigenvalue weighted by molar-refractivity contribution is 7.18. The highest BCUT2D eigenvalue weighted by Crippen LogP contribution is 2.51. The van der Waals surface area contributed by atoms with Gasteiger partial charge in [-0.05, 0) is 50.3 Å². The van der Waals surface area contributed by atoms with Crippen LogP contribution in [0.4, 0.5) is 0 Å². The standard InChI is InChI=1S/C15H18N2S/c1-9(16)15(6-7-15)11-4-5-13-12(8-11)17-14(18-13)10-2-3-10/h4-5,8-10H,2-3,6-7,16H2,1H3. The summed E-state index contributed by atoms with van der Waals surface area (Å²) in [4.78, 5) is 4.81. The Morgan fingerprint density at radius 1 is 1.39 bits per heavy atom. The molecule has 2 nitrogen and oxygen atoms in total.